The number of carbonyl (C=O) groups excluding carboxylic acids is 1. The van der Waals surface area contributed by atoms with Gasteiger partial charge in [-0.3, -0.25) is 4.79 Å². The molecule has 0 spiro atoms. The summed E-state index contributed by atoms with van der Waals surface area (Å²) < 4.78 is 0. The van der Waals surface area contributed by atoms with E-state index in [9.17, 15) is 4.79 Å². The van der Waals surface area contributed by atoms with Crippen LogP contribution in [0.4, 0.5) is 5.69 Å². The molecule has 0 atom stereocenters. The summed E-state index contributed by atoms with van der Waals surface area (Å²) in [7, 11) is 3.50. The molecular formula is C10H15N3OS. The molecule has 0 saturated carbocycles. The van der Waals surface area contributed by atoms with Gasteiger partial charge < -0.3 is 10.6 Å². The number of carbonyl (C=O) groups is 1. The van der Waals surface area contributed by atoms with Crippen LogP contribution in [0.25, 0.3) is 0 Å². The Morgan fingerprint density at radius 3 is 2.93 bits per heavy atom. The second kappa shape index (κ2) is 5.60. The summed E-state index contributed by atoms with van der Waals surface area (Å²) in [6, 6.07) is 3.60. The maximum atomic E-state index is 11.3. The van der Waals surface area contributed by atoms with Gasteiger partial charge in [0, 0.05) is 32.5 Å². The average Bonchev–Trinajstić information content (AvgIpc) is 2.20. The van der Waals surface area contributed by atoms with Gasteiger partial charge in [-0.15, -0.1) is 11.8 Å². The van der Waals surface area contributed by atoms with E-state index in [-0.39, 0.29) is 5.91 Å². The van der Waals surface area contributed by atoms with Crippen LogP contribution in [0.5, 0.6) is 0 Å². The first-order valence-corrected chi connectivity index (χ1v) is 5.63. The standard InChI is InChI=1S/C10H15N3OS/c1-13(2)9(14)5-7-15-10-8(11)4-3-6-12-10/h3-4,6H,5,7,11H2,1-2H3. The number of hydrogen-bond acceptors (Lipinski definition) is 4. The van der Waals surface area contributed by atoms with E-state index >= 15 is 0 Å². The third-order valence-electron chi connectivity index (χ3n) is 1.85. The molecule has 0 aromatic carbocycles. The Balaban J connectivity index is 2.38. The van der Waals surface area contributed by atoms with E-state index in [0.29, 0.717) is 17.9 Å². The normalized spacial score (nSPS) is 10.0. The predicted molar refractivity (Wildman–Crippen MR) is 62.7 cm³/mol. The molecule has 0 aliphatic heterocycles. The van der Waals surface area contributed by atoms with Gasteiger partial charge in [0.05, 0.1) is 5.69 Å². The molecule has 0 saturated heterocycles. The van der Waals surface area contributed by atoms with Crippen LogP contribution in [0.2, 0.25) is 0 Å². The predicted octanol–water partition coefficient (Wildman–Crippen LogP) is 1.23. The number of nitrogens with zero attached hydrogens (tertiary/aromatic N) is 2. The molecule has 0 unspecified atom stereocenters. The summed E-state index contributed by atoms with van der Waals surface area (Å²) in [6.45, 7) is 0. The fraction of sp³-hybridized carbons (Fsp3) is 0.400. The molecular weight excluding hydrogens is 210 g/mol. The molecule has 82 valence electrons. The lowest BCUT2D eigenvalue weighted by Crippen LogP contribution is -2.21. The van der Waals surface area contributed by atoms with Gasteiger partial charge in [-0.2, -0.15) is 0 Å². The van der Waals surface area contributed by atoms with E-state index in [1.54, 1.807) is 31.3 Å². The maximum Gasteiger partial charge on any atom is 0.222 e. The molecule has 1 rings (SSSR count). The molecule has 4 nitrogen and oxygen atoms in total. The average molecular weight is 225 g/mol. The van der Waals surface area contributed by atoms with Gasteiger partial charge >= 0.3 is 0 Å². The first-order valence-electron chi connectivity index (χ1n) is 4.64. The quantitative estimate of drug-likeness (QED) is 0.783. The highest BCUT2D eigenvalue weighted by molar-refractivity contribution is 7.99. The number of thioether (sulfide) groups is 1. The van der Waals surface area contributed by atoms with Crippen molar-refractivity contribution in [3.63, 3.8) is 0 Å². The molecule has 0 aliphatic rings. The number of pyridine rings is 1. The van der Waals surface area contributed by atoms with Crippen LogP contribution in [0.1, 0.15) is 6.42 Å². The Morgan fingerprint density at radius 2 is 2.33 bits per heavy atom. The summed E-state index contributed by atoms with van der Waals surface area (Å²) in [5.41, 5.74) is 6.39. The monoisotopic (exact) mass is 225 g/mol. The Bertz CT molecular complexity index is 341. The highest BCUT2D eigenvalue weighted by Crippen LogP contribution is 2.22. The smallest absolute Gasteiger partial charge is 0.222 e. The van der Waals surface area contributed by atoms with Crippen molar-refractivity contribution in [3.05, 3.63) is 18.3 Å². The van der Waals surface area contributed by atoms with Crippen molar-refractivity contribution < 1.29 is 4.79 Å². The van der Waals surface area contributed by atoms with Crippen molar-refractivity contribution in [2.75, 3.05) is 25.6 Å². The number of nitrogen functional groups attached to an aromatic ring is 1. The van der Waals surface area contributed by atoms with Crippen LogP contribution < -0.4 is 5.73 Å². The van der Waals surface area contributed by atoms with Crippen molar-refractivity contribution in [1.29, 1.82) is 0 Å². The number of rotatable bonds is 4. The third-order valence-corrected chi connectivity index (χ3v) is 2.88. The second-order valence-electron chi connectivity index (χ2n) is 3.28. The first-order chi connectivity index (χ1) is 7.11. The van der Waals surface area contributed by atoms with E-state index in [0.717, 1.165) is 5.03 Å². The zero-order valence-electron chi connectivity index (χ0n) is 8.93. The fourth-order valence-electron chi connectivity index (χ4n) is 0.982. The van der Waals surface area contributed by atoms with Gasteiger partial charge in [0.2, 0.25) is 5.91 Å². The molecule has 0 radical (unpaired) electrons. The minimum Gasteiger partial charge on any atom is -0.397 e. The van der Waals surface area contributed by atoms with Gasteiger partial charge in [-0.1, -0.05) is 0 Å². The Hall–Kier alpha value is -1.23. The molecule has 0 bridgehead atoms. The highest BCUT2D eigenvalue weighted by Gasteiger charge is 2.05. The zero-order chi connectivity index (χ0) is 11.3. The minimum absolute atomic E-state index is 0.122. The summed E-state index contributed by atoms with van der Waals surface area (Å²) >= 11 is 1.51. The van der Waals surface area contributed by atoms with Crippen molar-refractivity contribution in [3.8, 4) is 0 Å². The molecule has 15 heavy (non-hydrogen) atoms. The lowest BCUT2D eigenvalue weighted by molar-refractivity contribution is -0.128. The number of hydrogen-bond donors (Lipinski definition) is 1. The van der Waals surface area contributed by atoms with Crippen LogP contribution in [0, 0.1) is 0 Å². The van der Waals surface area contributed by atoms with E-state index < -0.39 is 0 Å². The highest BCUT2D eigenvalue weighted by atomic mass is 32.2. The van der Waals surface area contributed by atoms with E-state index in [1.807, 2.05) is 6.07 Å². The summed E-state index contributed by atoms with van der Waals surface area (Å²) in [5.74, 6) is 0.829. The molecule has 0 aliphatic carbocycles. The van der Waals surface area contributed by atoms with Crippen LogP contribution in [0.15, 0.2) is 23.4 Å². The van der Waals surface area contributed by atoms with Gasteiger partial charge in [-0.25, -0.2) is 4.98 Å². The molecule has 2 N–H and O–H groups in total. The Labute approximate surface area is 93.9 Å². The molecule has 0 fully saturated rings. The third kappa shape index (κ3) is 3.79. The molecule has 1 heterocycles. The lowest BCUT2D eigenvalue weighted by Gasteiger charge is -2.09. The molecule has 1 aromatic rings. The molecule has 5 heteroatoms. The SMILES string of the molecule is CN(C)C(=O)CCSc1ncccc1N. The van der Waals surface area contributed by atoms with E-state index in [1.165, 1.54) is 11.8 Å². The van der Waals surface area contributed by atoms with Crippen molar-refractivity contribution >= 4 is 23.4 Å². The largest absolute Gasteiger partial charge is 0.397 e. The van der Waals surface area contributed by atoms with Crippen LogP contribution in [0.3, 0.4) is 0 Å². The lowest BCUT2D eigenvalue weighted by atomic mass is 10.4. The number of amides is 1. The Kier molecular flexibility index (Phi) is 4.42. The van der Waals surface area contributed by atoms with Gasteiger partial charge in [0.1, 0.15) is 5.03 Å². The van der Waals surface area contributed by atoms with Crippen molar-refractivity contribution in [1.82, 2.24) is 9.88 Å². The van der Waals surface area contributed by atoms with Crippen LogP contribution >= 0.6 is 11.8 Å². The summed E-state index contributed by atoms with van der Waals surface area (Å²) in [5, 5.41) is 0.795. The van der Waals surface area contributed by atoms with Crippen LogP contribution in [-0.4, -0.2) is 35.6 Å². The maximum absolute atomic E-state index is 11.3. The summed E-state index contributed by atoms with van der Waals surface area (Å²) in [6.07, 6.45) is 2.21. The van der Waals surface area contributed by atoms with Crippen molar-refractivity contribution in [2.45, 2.75) is 11.4 Å². The second-order valence-corrected chi connectivity index (χ2v) is 4.37. The number of nitrogens with two attached hydrogens (primary N) is 1. The van der Waals surface area contributed by atoms with Crippen molar-refractivity contribution in [2.24, 2.45) is 0 Å². The van der Waals surface area contributed by atoms with Crippen LogP contribution in [-0.2, 0) is 4.79 Å². The first kappa shape index (κ1) is 11.8. The number of aromatic nitrogens is 1. The Morgan fingerprint density at radius 1 is 1.60 bits per heavy atom. The van der Waals surface area contributed by atoms with Gasteiger partial charge in [0.15, 0.2) is 0 Å². The molecule has 1 amide bonds. The zero-order valence-corrected chi connectivity index (χ0v) is 9.75. The van der Waals surface area contributed by atoms with Gasteiger partial charge in [-0.05, 0) is 12.1 Å². The fourth-order valence-corrected chi connectivity index (χ4v) is 1.82. The van der Waals surface area contributed by atoms with Gasteiger partial charge in [0.25, 0.3) is 0 Å². The number of anilines is 1. The van der Waals surface area contributed by atoms with E-state index in [2.05, 4.69) is 4.98 Å². The minimum atomic E-state index is 0.122. The topological polar surface area (TPSA) is 59.2 Å². The summed E-state index contributed by atoms with van der Waals surface area (Å²) in [4.78, 5) is 17.0. The van der Waals surface area contributed by atoms with E-state index in [4.69, 9.17) is 5.73 Å². The molecule has 1 aromatic heterocycles.